The molecule has 1 aliphatic carbocycles. The van der Waals surface area contributed by atoms with Crippen molar-refractivity contribution in [2.45, 2.75) is 70.7 Å². The van der Waals surface area contributed by atoms with Crippen molar-refractivity contribution in [3.05, 3.63) is 130 Å². The van der Waals surface area contributed by atoms with E-state index in [2.05, 4.69) is 21.3 Å². The van der Waals surface area contributed by atoms with E-state index >= 15 is 0 Å². The molecule has 5 aromatic rings. The van der Waals surface area contributed by atoms with Gasteiger partial charge in [0.05, 0.1) is 74.4 Å². The van der Waals surface area contributed by atoms with Crippen molar-refractivity contribution >= 4 is 82.3 Å². The van der Waals surface area contributed by atoms with Gasteiger partial charge in [-0.3, -0.25) is 53.3 Å². The van der Waals surface area contributed by atoms with Gasteiger partial charge in [-0.1, -0.05) is 36.4 Å². The number of carbonyl (C=O) groups excluding carboxylic acids is 7. The van der Waals surface area contributed by atoms with Crippen molar-refractivity contribution in [3.8, 4) is 17.2 Å². The number of methoxy groups -OCH3 is 2. The molecule has 2 atom stereocenters. The number of anilines is 3. The summed E-state index contributed by atoms with van der Waals surface area (Å²) < 4.78 is 23.4. The number of aliphatic imine (C=N–C) groups is 2. The number of amides is 6. The minimum atomic E-state index is -0.634. The summed E-state index contributed by atoms with van der Waals surface area (Å²) in [7, 11) is 2.83. The molecular weight excluding hydrogens is 973 g/mol. The summed E-state index contributed by atoms with van der Waals surface area (Å²) in [6.07, 6.45) is 6.93. The molecule has 0 radical (unpaired) electrons. The molecule has 19 heteroatoms. The topological polar surface area (TPSA) is 236 Å². The number of rotatable bonds is 16. The van der Waals surface area contributed by atoms with E-state index in [1.165, 1.54) is 14.2 Å². The molecule has 5 aromatic carbocycles. The minimum absolute atomic E-state index is 0.0193. The van der Waals surface area contributed by atoms with Crippen molar-refractivity contribution in [1.82, 2.24) is 16.0 Å². The van der Waals surface area contributed by atoms with E-state index < -0.39 is 30.8 Å². The Balaban J connectivity index is 0.808. The monoisotopic (exact) mass is 1030 g/mol. The fourth-order valence-corrected chi connectivity index (χ4v) is 10.5. The summed E-state index contributed by atoms with van der Waals surface area (Å²) in [6, 6.07) is 27.3. The number of nitrogens with zero attached hydrogens (tertiary/aromatic N) is 4. The molecule has 10 rings (SSSR count). The fraction of sp³-hybridized carbons (Fsp3) is 0.316. The Labute approximate surface area is 438 Å². The molecule has 1 fully saturated rings. The molecular formula is C57H56N8O11. The zero-order valence-electron chi connectivity index (χ0n) is 42.2. The first-order valence-electron chi connectivity index (χ1n) is 25.2. The molecule has 0 bridgehead atoms. The normalized spacial score (nSPS) is 18.6. The predicted octanol–water partition coefficient (Wildman–Crippen LogP) is 6.00. The molecule has 0 saturated heterocycles. The van der Waals surface area contributed by atoms with Crippen molar-refractivity contribution in [2.75, 3.05) is 49.0 Å². The van der Waals surface area contributed by atoms with E-state index in [1.54, 1.807) is 58.6 Å². The van der Waals surface area contributed by atoms with Crippen molar-refractivity contribution in [1.29, 1.82) is 0 Å². The van der Waals surface area contributed by atoms with Gasteiger partial charge in [-0.05, 0) is 103 Å². The van der Waals surface area contributed by atoms with Crippen LogP contribution in [0.3, 0.4) is 0 Å². The van der Waals surface area contributed by atoms with Crippen molar-refractivity contribution in [2.24, 2.45) is 21.8 Å². The standard InChI is InChI=1S/C57H56N8O11/c1-32-16-42-44(58-25-40-20-37-8-4-6-10-46(37)64(40)55(42)70)23-48(32)75-30-33-17-34(31-76-50-24-45-43(22-49(50)73-2)56(71)65-41(26-59-45)21-38-9-5-7-11-47(38)65)19-39(18-33)63-53(68)29-61-51(66)27-60-52(67)28-62-54(69)35-12-14-36(15-13-35)57(72)74-3/h4-11,16-19,22-26,35-36,40-41H,12-15,20-21,27-31H2,1-3H3,(H,60,67)(H,61,66)(H,62,69)(H,63,68)/t35-,36-,40-,41-/m0/s1. The number of fused-ring (bicyclic) bond motifs is 8. The van der Waals surface area contributed by atoms with E-state index in [0.717, 1.165) is 28.1 Å². The Morgan fingerprint density at radius 3 is 1.68 bits per heavy atom. The Kier molecular flexibility index (Phi) is 14.6. The van der Waals surface area contributed by atoms with E-state index in [0.29, 0.717) is 95.1 Å². The molecule has 390 valence electrons. The Bertz CT molecular complexity index is 3240. The van der Waals surface area contributed by atoms with Gasteiger partial charge in [-0.2, -0.15) is 0 Å². The lowest BCUT2D eigenvalue weighted by Crippen LogP contribution is -2.44. The fourth-order valence-electron chi connectivity index (χ4n) is 10.5. The number of nitrogens with one attached hydrogen (secondary N) is 4. The number of hydrogen-bond acceptors (Lipinski definition) is 13. The third kappa shape index (κ3) is 10.7. The van der Waals surface area contributed by atoms with Gasteiger partial charge < -0.3 is 40.2 Å². The summed E-state index contributed by atoms with van der Waals surface area (Å²) >= 11 is 0. The number of hydrogen-bond donors (Lipinski definition) is 4. The SMILES string of the molecule is COc1cc2c(cc1OCc1cc(COc3cc4c(cc3C)C(=O)N3c5ccccc5C[C@H]3C=N4)cc(NC(=O)CNC(=O)CNC(=O)CNC(=O)[C@H]3CC[C@H](C(=O)OC)CC3)c1)N=C[C@@H]1Cc3ccccc3N1C2=O. The van der Waals surface area contributed by atoms with E-state index in [9.17, 15) is 33.6 Å². The van der Waals surface area contributed by atoms with Crippen LogP contribution in [0.1, 0.15) is 74.2 Å². The zero-order valence-corrected chi connectivity index (χ0v) is 42.2. The third-order valence-electron chi connectivity index (χ3n) is 14.3. The predicted molar refractivity (Wildman–Crippen MR) is 282 cm³/mol. The van der Waals surface area contributed by atoms with Gasteiger partial charge in [0.25, 0.3) is 11.8 Å². The number of para-hydroxylation sites is 2. The molecule has 0 unspecified atom stereocenters. The third-order valence-corrected chi connectivity index (χ3v) is 14.3. The van der Waals surface area contributed by atoms with Crippen LogP contribution in [-0.4, -0.2) is 99.8 Å². The van der Waals surface area contributed by atoms with Crippen LogP contribution in [0, 0.1) is 18.8 Å². The Hall–Kier alpha value is -8.87. The van der Waals surface area contributed by atoms with Crippen molar-refractivity contribution < 1.29 is 52.5 Å². The summed E-state index contributed by atoms with van der Waals surface area (Å²) in [5, 5.41) is 10.4. The highest BCUT2D eigenvalue weighted by atomic mass is 16.5. The van der Waals surface area contributed by atoms with Crippen molar-refractivity contribution in [3.63, 3.8) is 0 Å². The maximum absolute atomic E-state index is 14.0. The first-order valence-corrected chi connectivity index (χ1v) is 25.2. The minimum Gasteiger partial charge on any atom is -0.493 e. The molecule has 4 heterocycles. The lowest BCUT2D eigenvalue weighted by atomic mass is 9.81. The highest BCUT2D eigenvalue weighted by Gasteiger charge is 2.38. The van der Waals surface area contributed by atoms with Crippen LogP contribution < -0.4 is 45.3 Å². The van der Waals surface area contributed by atoms with Crippen LogP contribution >= 0.6 is 0 Å². The lowest BCUT2D eigenvalue weighted by Gasteiger charge is -2.25. The summed E-state index contributed by atoms with van der Waals surface area (Å²) in [5.74, 6) is -2.15. The molecule has 4 N–H and O–H groups in total. The van der Waals surface area contributed by atoms with Gasteiger partial charge in [0.1, 0.15) is 19.0 Å². The van der Waals surface area contributed by atoms with E-state index in [1.807, 2.05) is 61.5 Å². The van der Waals surface area contributed by atoms with Gasteiger partial charge in [-0.15, -0.1) is 0 Å². The van der Waals surface area contributed by atoms with Gasteiger partial charge in [0.15, 0.2) is 11.5 Å². The number of carbonyl (C=O) groups is 7. The average Bonchev–Trinajstić information content (AvgIpc) is 3.95. The van der Waals surface area contributed by atoms with Crippen LogP contribution in [0.5, 0.6) is 17.2 Å². The largest absolute Gasteiger partial charge is 0.493 e. The number of esters is 1. The molecule has 19 nitrogen and oxygen atoms in total. The molecule has 0 aromatic heterocycles. The van der Waals surface area contributed by atoms with Gasteiger partial charge in [0.2, 0.25) is 23.6 Å². The highest BCUT2D eigenvalue weighted by molar-refractivity contribution is 6.16. The zero-order chi connectivity index (χ0) is 53.0. The smallest absolute Gasteiger partial charge is 0.308 e. The first-order chi connectivity index (χ1) is 36.8. The van der Waals surface area contributed by atoms with Crippen LogP contribution in [-0.2, 0) is 54.8 Å². The summed E-state index contributed by atoms with van der Waals surface area (Å²) in [4.78, 5) is 104. The molecule has 1 saturated carbocycles. The molecule has 4 aliphatic heterocycles. The quantitative estimate of drug-likeness (QED) is 0.0837. The summed E-state index contributed by atoms with van der Waals surface area (Å²) in [5.41, 5.74) is 7.95. The highest BCUT2D eigenvalue weighted by Crippen LogP contribution is 2.42. The average molecular weight is 1030 g/mol. The second-order valence-electron chi connectivity index (χ2n) is 19.4. The van der Waals surface area contributed by atoms with Gasteiger partial charge in [0, 0.05) is 60.4 Å². The Morgan fingerprint density at radius 2 is 1.11 bits per heavy atom. The molecule has 6 amide bonds. The molecule has 76 heavy (non-hydrogen) atoms. The lowest BCUT2D eigenvalue weighted by molar-refractivity contribution is -0.147. The number of aryl methyl sites for hydroxylation is 1. The van der Waals surface area contributed by atoms with E-state index in [4.69, 9.17) is 28.9 Å². The van der Waals surface area contributed by atoms with Crippen LogP contribution in [0.15, 0.2) is 101 Å². The Morgan fingerprint density at radius 1 is 0.592 bits per heavy atom. The molecule has 0 spiro atoms. The van der Waals surface area contributed by atoms with Crippen LogP contribution in [0.4, 0.5) is 28.4 Å². The summed E-state index contributed by atoms with van der Waals surface area (Å²) in [6.45, 7) is 0.660. The second-order valence-corrected chi connectivity index (χ2v) is 19.4. The van der Waals surface area contributed by atoms with E-state index in [-0.39, 0.29) is 67.4 Å². The number of benzene rings is 5. The number of ether oxygens (including phenoxy) is 4. The van der Waals surface area contributed by atoms with Crippen LogP contribution in [0.25, 0.3) is 0 Å². The molecule has 5 aliphatic rings. The van der Waals surface area contributed by atoms with Crippen LogP contribution in [0.2, 0.25) is 0 Å². The second kappa shape index (κ2) is 21.9. The maximum atomic E-state index is 14.0. The van der Waals surface area contributed by atoms with Gasteiger partial charge >= 0.3 is 5.97 Å². The first kappa shape index (κ1) is 50.7. The maximum Gasteiger partial charge on any atom is 0.308 e. The van der Waals surface area contributed by atoms with Gasteiger partial charge in [-0.25, -0.2) is 0 Å².